The van der Waals surface area contributed by atoms with Gasteiger partial charge in [0.15, 0.2) is 0 Å². The first-order valence-corrected chi connectivity index (χ1v) is 8.00. The Hall–Kier alpha value is -2.13. The molecule has 0 saturated heterocycles. The van der Waals surface area contributed by atoms with Gasteiger partial charge in [-0.25, -0.2) is 4.98 Å². The summed E-state index contributed by atoms with van der Waals surface area (Å²) in [6.07, 6.45) is 3.74. The first-order chi connectivity index (χ1) is 10.6. The lowest BCUT2D eigenvalue weighted by Gasteiger charge is -2.17. The van der Waals surface area contributed by atoms with E-state index in [1.165, 1.54) is 18.0 Å². The lowest BCUT2D eigenvalue weighted by Crippen LogP contribution is -2.28. The van der Waals surface area contributed by atoms with Crippen molar-refractivity contribution in [2.75, 3.05) is 23.9 Å². The van der Waals surface area contributed by atoms with Crippen molar-refractivity contribution in [1.29, 1.82) is 0 Å². The predicted octanol–water partition coefficient (Wildman–Crippen LogP) is 1.13. The van der Waals surface area contributed by atoms with Gasteiger partial charge in [0.25, 0.3) is 0 Å². The highest BCUT2D eigenvalue weighted by Crippen LogP contribution is 2.20. The van der Waals surface area contributed by atoms with Gasteiger partial charge in [0, 0.05) is 24.6 Å². The molecule has 2 rings (SSSR count). The third kappa shape index (κ3) is 3.37. The van der Waals surface area contributed by atoms with Gasteiger partial charge in [0.2, 0.25) is 5.82 Å². The average Bonchev–Trinajstić information content (AvgIpc) is 2.47. The number of pyridine rings is 1. The number of nitrogens with zero attached hydrogens (tertiary/aromatic N) is 3. The molecule has 2 aromatic heterocycles. The number of hydrogen-bond acceptors (Lipinski definition) is 7. The number of aliphatic hydroxyl groups excluding tert-OH is 1. The van der Waals surface area contributed by atoms with Gasteiger partial charge >= 0.3 is 11.2 Å². The molecule has 22 heavy (non-hydrogen) atoms. The summed E-state index contributed by atoms with van der Waals surface area (Å²) >= 11 is 1.54. The molecule has 0 aromatic carbocycles. The number of rotatable bonds is 7. The minimum absolute atomic E-state index is 0.0570. The lowest BCUT2D eigenvalue weighted by molar-refractivity contribution is -0.385. The van der Waals surface area contributed by atoms with Crippen LogP contribution in [0.4, 0.5) is 11.5 Å². The zero-order valence-corrected chi connectivity index (χ0v) is 12.7. The SMILES string of the molecule is CSCC(CCO)Nc1nc2ccccn2c(=O)c1[N+](=O)[O-]. The minimum atomic E-state index is -0.731. The first kappa shape index (κ1) is 16.2. The fraction of sp³-hybridized carbons (Fsp3) is 0.385. The van der Waals surface area contributed by atoms with Gasteiger partial charge in [-0.3, -0.25) is 19.3 Å². The molecule has 0 saturated carbocycles. The molecule has 0 aliphatic carbocycles. The van der Waals surface area contributed by atoms with Crippen molar-refractivity contribution in [1.82, 2.24) is 9.38 Å². The maximum absolute atomic E-state index is 12.3. The van der Waals surface area contributed by atoms with E-state index in [2.05, 4.69) is 10.3 Å². The summed E-state index contributed by atoms with van der Waals surface area (Å²) in [6.45, 7) is -0.0570. The van der Waals surface area contributed by atoms with Crippen LogP contribution in [0.25, 0.3) is 5.65 Å². The largest absolute Gasteiger partial charge is 0.396 e. The standard InChI is InChI=1S/C13H16N4O4S/c1-22-8-9(5-7-18)14-12-11(17(20)21)13(19)16-6-3-2-4-10(16)15-12/h2-4,6,9,14,18H,5,7-8H2,1H3. The topological polar surface area (TPSA) is 110 Å². The Morgan fingerprint density at radius 3 is 2.95 bits per heavy atom. The minimum Gasteiger partial charge on any atom is -0.396 e. The van der Waals surface area contributed by atoms with Crippen LogP contribution in [-0.2, 0) is 0 Å². The molecule has 0 amide bonds. The number of anilines is 1. The fourth-order valence-corrected chi connectivity index (χ4v) is 2.74. The van der Waals surface area contributed by atoms with Crippen LogP contribution in [0.2, 0.25) is 0 Å². The highest BCUT2D eigenvalue weighted by Gasteiger charge is 2.25. The first-order valence-electron chi connectivity index (χ1n) is 6.60. The Balaban J connectivity index is 2.53. The van der Waals surface area contributed by atoms with Gasteiger partial charge in [0.1, 0.15) is 5.65 Å². The third-order valence-corrected chi connectivity index (χ3v) is 3.81. The van der Waals surface area contributed by atoms with Crippen molar-refractivity contribution in [3.05, 3.63) is 44.9 Å². The summed E-state index contributed by atoms with van der Waals surface area (Å²) in [7, 11) is 0. The second-order valence-electron chi connectivity index (χ2n) is 4.61. The second kappa shape index (κ2) is 7.23. The van der Waals surface area contributed by atoms with Gasteiger partial charge in [-0.15, -0.1) is 0 Å². The van der Waals surface area contributed by atoms with E-state index in [0.717, 1.165) is 4.40 Å². The second-order valence-corrected chi connectivity index (χ2v) is 5.52. The highest BCUT2D eigenvalue weighted by molar-refractivity contribution is 7.98. The van der Waals surface area contributed by atoms with Crippen LogP contribution < -0.4 is 10.9 Å². The molecule has 118 valence electrons. The Kier molecular flexibility index (Phi) is 5.34. The molecule has 9 heteroatoms. The molecule has 1 atom stereocenters. The summed E-state index contributed by atoms with van der Waals surface area (Å²) in [5, 5.41) is 23.2. The van der Waals surface area contributed by atoms with Crippen molar-refractivity contribution in [3.63, 3.8) is 0 Å². The van der Waals surface area contributed by atoms with E-state index in [0.29, 0.717) is 17.8 Å². The van der Waals surface area contributed by atoms with E-state index in [-0.39, 0.29) is 18.5 Å². The number of fused-ring (bicyclic) bond motifs is 1. The third-order valence-electron chi connectivity index (χ3n) is 3.08. The maximum atomic E-state index is 12.3. The maximum Gasteiger partial charge on any atom is 0.376 e. The van der Waals surface area contributed by atoms with Crippen LogP contribution in [0.5, 0.6) is 0 Å². The summed E-state index contributed by atoms with van der Waals surface area (Å²) < 4.78 is 1.14. The van der Waals surface area contributed by atoms with Crippen LogP contribution in [-0.4, -0.2) is 44.1 Å². The summed E-state index contributed by atoms with van der Waals surface area (Å²) in [6, 6.07) is 4.70. The van der Waals surface area contributed by atoms with E-state index < -0.39 is 16.2 Å². The molecule has 2 N–H and O–H groups in total. The zero-order valence-electron chi connectivity index (χ0n) is 11.9. The van der Waals surface area contributed by atoms with Gasteiger partial charge in [-0.2, -0.15) is 11.8 Å². The van der Waals surface area contributed by atoms with E-state index >= 15 is 0 Å². The number of nitro groups is 1. The number of aromatic nitrogens is 2. The summed E-state index contributed by atoms with van der Waals surface area (Å²) in [5.41, 5.74) is -0.995. The Morgan fingerprint density at radius 1 is 1.55 bits per heavy atom. The van der Waals surface area contributed by atoms with Gasteiger partial charge in [-0.05, 0) is 24.8 Å². The van der Waals surface area contributed by atoms with E-state index in [4.69, 9.17) is 5.11 Å². The molecule has 0 bridgehead atoms. The van der Waals surface area contributed by atoms with Gasteiger partial charge in [0.05, 0.1) is 4.92 Å². The van der Waals surface area contributed by atoms with Gasteiger partial charge in [-0.1, -0.05) is 6.07 Å². The molecule has 1 unspecified atom stereocenters. The van der Waals surface area contributed by atoms with Crippen molar-refractivity contribution in [2.45, 2.75) is 12.5 Å². The number of aliphatic hydroxyl groups is 1. The fourth-order valence-electron chi connectivity index (χ4n) is 2.09. The van der Waals surface area contributed by atoms with Crippen molar-refractivity contribution in [2.24, 2.45) is 0 Å². The van der Waals surface area contributed by atoms with Crippen molar-refractivity contribution < 1.29 is 10.0 Å². The normalized spacial score (nSPS) is 12.3. The molecule has 0 aliphatic rings. The number of hydrogen-bond donors (Lipinski definition) is 2. The molecule has 8 nitrogen and oxygen atoms in total. The van der Waals surface area contributed by atoms with Crippen LogP contribution >= 0.6 is 11.8 Å². The smallest absolute Gasteiger partial charge is 0.376 e. The molecule has 0 radical (unpaired) electrons. The number of thioether (sulfide) groups is 1. The molecular weight excluding hydrogens is 308 g/mol. The molecular formula is C13H16N4O4S. The molecule has 2 aromatic rings. The van der Waals surface area contributed by atoms with E-state index in [1.807, 2.05) is 6.26 Å². The monoisotopic (exact) mass is 324 g/mol. The van der Waals surface area contributed by atoms with Gasteiger partial charge < -0.3 is 10.4 Å². The quantitative estimate of drug-likeness (QED) is 0.580. The number of nitrogens with one attached hydrogen (secondary N) is 1. The van der Waals surface area contributed by atoms with Crippen molar-refractivity contribution in [3.8, 4) is 0 Å². The van der Waals surface area contributed by atoms with Crippen LogP contribution in [0.3, 0.4) is 0 Å². The van der Waals surface area contributed by atoms with Crippen molar-refractivity contribution >= 4 is 28.9 Å². The predicted molar refractivity (Wildman–Crippen MR) is 85.6 cm³/mol. The molecule has 0 aliphatic heterocycles. The lowest BCUT2D eigenvalue weighted by atomic mass is 10.2. The van der Waals surface area contributed by atoms with Crippen LogP contribution in [0.15, 0.2) is 29.2 Å². The highest BCUT2D eigenvalue weighted by atomic mass is 32.2. The summed E-state index contributed by atoms with van der Waals surface area (Å²) in [5.74, 6) is 0.571. The molecule has 0 fully saturated rings. The molecule has 0 spiro atoms. The Bertz CT molecular complexity index is 728. The summed E-state index contributed by atoms with van der Waals surface area (Å²) in [4.78, 5) is 27.0. The average molecular weight is 324 g/mol. The van der Waals surface area contributed by atoms with Crippen LogP contribution in [0, 0.1) is 10.1 Å². The van der Waals surface area contributed by atoms with E-state index in [9.17, 15) is 14.9 Å². The zero-order chi connectivity index (χ0) is 16.1. The molecule has 2 heterocycles. The Labute approximate surface area is 130 Å². The van der Waals surface area contributed by atoms with Crippen LogP contribution in [0.1, 0.15) is 6.42 Å². The van der Waals surface area contributed by atoms with E-state index in [1.54, 1.807) is 18.2 Å². The Morgan fingerprint density at radius 2 is 2.32 bits per heavy atom.